The molecule has 0 spiro atoms. The minimum atomic E-state index is -1.03. The molecule has 0 bridgehead atoms. The molecule has 27 heavy (non-hydrogen) atoms. The average Bonchev–Trinajstić information content (AvgIpc) is 2.66. The number of nitrogens with zero attached hydrogens (tertiary/aromatic N) is 1. The first-order valence-corrected chi connectivity index (χ1v) is 8.37. The van der Waals surface area contributed by atoms with Gasteiger partial charge in [0.05, 0.1) is 25.8 Å². The van der Waals surface area contributed by atoms with Crippen molar-refractivity contribution in [1.82, 2.24) is 16.0 Å². The lowest BCUT2D eigenvalue weighted by molar-refractivity contribution is -0.130. The van der Waals surface area contributed by atoms with Crippen LogP contribution in [0.25, 0.3) is 0 Å². The first kappa shape index (κ1) is 24.5. The monoisotopic (exact) mass is 388 g/mol. The summed E-state index contributed by atoms with van der Waals surface area (Å²) >= 11 is 0. The molecule has 2 atom stereocenters. The summed E-state index contributed by atoms with van der Waals surface area (Å²) in [6, 6.07) is -1.65. The number of nitrogens with one attached hydrogen (secondary N) is 3. The zero-order valence-electron chi connectivity index (χ0n) is 16.1. The van der Waals surface area contributed by atoms with Crippen molar-refractivity contribution in [1.29, 1.82) is 0 Å². The Morgan fingerprint density at radius 2 is 1.81 bits per heavy atom. The number of rotatable bonds is 14. The smallest absolute Gasteiger partial charge is 0.269 e. The first-order chi connectivity index (χ1) is 12.9. The van der Waals surface area contributed by atoms with E-state index in [0.29, 0.717) is 19.3 Å². The number of methoxy groups -OCH3 is 2. The van der Waals surface area contributed by atoms with Crippen LogP contribution in [0.15, 0.2) is 5.16 Å². The van der Waals surface area contributed by atoms with Crippen LogP contribution in [-0.4, -0.2) is 82.4 Å². The maximum Gasteiger partial charge on any atom is 0.269 e. The van der Waals surface area contributed by atoms with Crippen LogP contribution < -0.4 is 16.0 Å². The lowest BCUT2D eigenvalue weighted by Crippen LogP contribution is -2.52. The molecule has 0 aromatic rings. The van der Waals surface area contributed by atoms with Crippen molar-refractivity contribution < 1.29 is 33.5 Å². The van der Waals surface area contributed by atoms with Gasteiger partial charge in [0, 0.05) is 14.2 Å². The molecule has 0 unspecified atom stereocenters. The molecule has 3 N–H and O–H groups in total. The van der Waals surface area contributed by atoms with Gasteiger partial charge in [-0.15, -0.1) is 0 Å². The van der Waals surface area contributed by atoms with Gasteiger partial charge in [-0.1, -0.05) is 12.1 Å². The molecule has 0 aromatic heterocycles. The summed E-state index contributed by atoms with van der Waals surface area (Å²) in [5.74, 6) is -1.76. The minimum absolute atomic E-state index is 0.00881. The van der Waals surface area contributed by atoms with Gasteiger partial charge in [-0.2, -0.15) is 0 Å². The van der Waals surface area contributed by atoms with Gasteiger partial charge in [-0.25, -0.2) is 0 Å². The molecule has 0 heterocycles. The zero-order valence-corrected chi connectivity index (χ0v) is 16.1. The van der Waals surface area contributed by atoms with Crippen molar-refractivity contribution >= 4 is 29.7 Å². The second-order valence-electron chi connectivity index (χ2n) is 5.42. The number of aldehydes is 1. The lowest BCUT2D eigenvalue weighted by atomic mass is 10.2. The fraction of sp³-hybridized carbons (Fsp3) is 0.688. The van der Waals surface area contributed by atoms with E-state index in [4.69, 9.17) is 14.3 Å². The average molecular weight is 388 g/mol. The third-order valence-electron chi connectivity index (χ3n) is 3.24. The van der Waals surface area contributed by atoms with Gasteiger partial charge in [0.1, 0.15) is 24.6 Å². The van der Waals surface area contributed by atoms with E-state index in [1.54, 1.807) is 6.92 Å². The van der Waals surface area contributed by atoms with Crippen LogP contribution in [0.1, 0.15) is 20.3 Å². The highest BCUT2D eigenvalue weighted by Crippen LogP contribution is 1.91. The molecular weight excluding hydrogens is 360 g/mol. The Morgan fingerprint density at radius 3 is 2.37 bits per heavy atom. The molecular formula is C16H28N4O7. The van der Waals surface area contributed by atoms with Crippen LogP contribution in [0.3, 0.4) is 0 Å². The molecule has 0 rings (SSSR count). The van der Waals surface area contributed by atoms with Gasteiger partial charge in [-0.3, -0.25) is 14.4 Å². The highest BCUT2D eigenvalue weighted by molar-refractivity contribution is 6.38. The van der Waals surface area contributed by atoms with Gasteiger partial charge < -0.3 is 35.1 Å². The topological polar surface area (TPSA) is 144 Å². The zero-order chi connectivity index (χ0) is 20.7. The Hall–Kier alpha value is -2.53. The standard InChI is InChI=1S/C16H28N4O7/c1-5-12(9-21)18-14(22)8-17-16(24)13(10-26-4)19-15(23)11(2)20-27-7-6-25-3/h9,12-13H,5-8,10H2,1-4H3,(H,17,24)(H,18,22)(H,19,23)/b20-11+/t12-,13-/m0/s1. The van der Waals surface area contributed by atoms with E-state index < -0.39 is 29.8 Å². The molecule has 0 aliphatic rings. The fourth-order valence-electron chi connectivity index (χ4n) is 1.70. The Morgan fingerprint density at radius 1 is 1.11 bits per heavy atom. The SMILES string of the molecule is CC[C@@H](C=O)NC(=O)CNC(=O)[C@H](COC)NC(=O)/C(C)=N/OCCOC. The highest BCUT2D eigenvalue weighted by Gasteiger charge is 2.22. The summed E-state index contributed by atoms with van der Waals surface area (Å²) < 4.78 is 9.70. The van der Waals surface area contributed by atoms with Crippen LogP contribution in [0, 0.1) is 0 Å². The summed E-state index contributed by atoms with van der Waals surface area (Å²) in [5.41, 5.74) is 0.00881. The molecule has 0 aliphatic heterocycles. The van der Waals surface area contributed by atoms with Crippen LogP contribution in [0.4, 0.5) is 0 Å². The molecule has 3 amide bonds. The molecule has 0 saturated carbocycles. The summed E-state index contributed by atoms with van der Waals surface area (Å²) in [7, 11) is 2.87. The Kier molecular flexibility index (Phi) is 13.2. The van der Waals surface area contributed by atoms with Crippen molar-refractivity contribution in [2.45, 2.75) is 32.4 Å². The summed E-state index contributed by atoms with van der Waals surface area (Å²) in [6.45, 7) is 3.21. The van der Waals surface area contributed by atoms with Gasteiger partial charge in [-0.05, 0) is 13.3 Å². The number of hydrogen-bond acceptors (Lipinski definition) is 8. The van der Waals surface area contributed by atoms with Crippen LogP contribution in [-0.2, 0) is 33.5 Å². The van der Waals surface area contributed by atoms with E-state index in [0.717, 1.165) is 0 Å². The number of amides is 3. The van der Waals surface area contributed by atoms with E-state index in [-0.39, 0.29) is 25.5 Å². The van der Waals surface area contributed by atoms with Gasteiger partial charge in [0.2, 0.25) is 11.8 Å². The summed E-state index contributed by atoms with van der Waals surface area (Å²) in [4.78, 5) is 51.5. The number of hydrogen-bond donors (Lipinski definition) is 3. The largest absolute Gasteiger partial charge is 0.393 e. The third kappa shape index (κ3) is 10.9. The molecule has 0 saturated heterocycles. The summed E-state index contributed by atoms with van der Waals surface area (Å²) in [5, 5.41) is 10.9. The van der Waals surface area contributed by atoms with Crippen LogP contribution >= 0.6 is 0 Å². The van der Waals surface area contributed by atoms with E-state index in [9.17, 15) is 19.2 Å². The lowest BCUT2D eigenvalue weighted by Gasteiger charge is -2.18. The van der Waals surface area contributed by atoms with Crippen molar-refractivity contribution in [2.75, 3.05) is 40.6 Å². The van der Waals surface area contributed by atoms with Crippen molar-refractivity contribution in [3.63, 3.8) is 0 Å². The van der Waals surface area contributed by atoms with Gasteiger partial charge in [0.25, 0.3) is 5.91 Å². The molecule has 0 radical (unpaired) electrons. The predicted molar refractivity (Wildman–Crippen MR) is 96.0 cm³/mol. The number of oxime groups is 1. The number of ether oxygens (including phenoxy) is 2. The molecule has 11 nitrogen and oxygen atoms in total. The number of carbonyl (C=O) groups is 4. The Balaban J connectivity index is 4.59. The minimum Gasteiger partial charge on any atom is -0.393 e. The van der Waals surface area contributed by atoms with E-state index in [1.807, 2.05) is 0 Å². The maximum atomic E-state index is 12.2. The predicted octanol–water partition coefficient (Wildman–Crippen LogP) is -1.63. The normalized spacial score (nSPS) is 13.3. The van der Waals surface area contributed by atoms with Crippen LogP contribution in [0.5, 0.6) is 0 Å². The molecule has 0 aromatic carbocycles. The maximum absolute atomic E-state index is 12.2. The van der Waals surface area contributed by atoms with Gasteiger partial charge >= 0.3 is 0 Å². The van der Waals surface area contributed by atoms with E-state index >= 15 is 0 Å². The van der Waals surface area contributed by atoms with Crippen LogP contribution in [0.2, 0.25) is 0 Å². The quantitative estimate of drug-likeness (QED) is 0.140. The fourth-order valence-corrected chi connectivity index (χ4v) is 1.70. The second-order valence-corrected chi connectivity index (χ2v) is 5.42. The molecule has 11 heteroatoms. The Bertz CT molecular complexity index is 525. The summed E-state index contributed by atoms with van der Waals surface area (Å²) in [6.07, 6.45) is 1.06. The second kappa shape index (κ2) is 14.6. The van der Waals surface area contributed by atoms with Crippen molar-refractivity contribution in [3.8, 4) is 0 Å². The first-order valence-electron chi connectivity index (χ1n) is 8.37. The molecule has 154 valence electrons. The van der Waals surface area contributed by atoms with E-state index in [1.165, 1.54) is 21.1 Å². The molecule has 0 fully saturated rings. The third-order valence-corrected chi connectivity index (χ3v) is 3.24. The highest BCUT2D eigenvalue weighted by atomic mass is 16.6. The van der Waals surface area contributed by atoms with Crippen molar-refractivity contribution in [2.24, 2.45) is 5.16 Å². The number of carbonyl (C=O) groups excluding carboxylic acids is 4. The van der Waals surface area contributed by atoms with Gasteiger partial charge in [0.15, 0.2) is 0 Å². The van der Waals surface area contributed by atoms with E-state index in [2.05, 4.69) is 21.1 Å². The van der Waals surface area contributed by atoms with Crippen molar-refractivity contribution in [3.05, 3.63) is 0 Å². The Labute approximate surface area is 158 Å². The molecule has 0 aliphatic carbocycles.